The third-order valence-electron chi connectivity index (χ3n) is 2.66. The fourth-order valence-electron chi connectivity index (χ4n) is 1.55. The highest BCUT2D eigenvalue weighted by Gasteiger charge is 2.27. The second-order valence-corrected chi connectivity index (χ2v) is 4.27. The molecule has 0 spiro atoms. The van der Waals surface area contributed by atoms with Crippen LogP contribution in [0.25, 0.3) is 11.0 Å². The van der Waals surface area contributed by atoms with E-state index in [9.17, 15) is 23.2 Å². The number of amides is 1. The Morgan fingerprint density at radius 3 is 2.76 bits per heavy atom. The van der Waals surface area contributed by atoms with Crippen LogP contribution in [0.15, 0.2) is 21.9 Å². The molecule has 2 heterocycles. The van der Waals surface area contributed by atoms with Gasteiger partial charge in [0.15, 0.2) is 0 Å². The lowest BCUT2D eigenvalue weighted by molar-refractivity contribution is 0.0118. The number of pyridine rings is 1. The summed E-state index contributed by atoms with van der Waals surface area (Å²) in [5.74, 6) is -4.05. The Bertz CT molecular complexity index is 798. The highest BCUT2D eigenvalue weighted by molar-refractivity contribution is 5.96. The Hall–Kier alpha value is -2.62. The third-order valence-corrected chi connectivity index (χ3v) is 2.66. The number of aromatic amines is 2. The van der Waals surface area contributed by atoms with Crippen LogP contribution in [-0.4, -0.2) is 39.9 Å². The summed E-state index contributed by atoms with van der Waals surface area (Å²) >= 11 is 0. The Morgan fingerprint density at radius 1 is 1.38 bits per heavy atom. The van der Waals surface area contributed by atoms with Crippen LogP contribution in [0, 0.1) is 0 Å². The number of rotatable bonds is 4. The van der Waals surface area contributed by atoms with E-state index in [1.54, 1.807) is 0 Å². The van der Waals surface area contributed by atoms with Gasteiger partial charge >= 0.3 is 5.69 Å². The molecular weight excluding hydrogens is 288 g/mol. The average molecular weight is 299 g/mol. The van der Waals surface area contributed by atoms with E-state index in [-0.39, 0.29) is 16.6 Å². The van der Waals surface area contributed by atoms with E-state index in [1.807, 2.05) is 10.3 Å². The molecule has 0 bridgehead atoms. The number of hydrogen-bond donors (Lipinski definition) is 4. The SMILES string of the molecule is NCC(F)(F)CNC(=O)c1cnc2[nH]c(=O)[nH]c(=O)c2c1. The standard InChI is InChI=1S/C11H11F2N5O3/c12-11(13,3-14)4-16-8(19)5-1-6-7(15-2-5)17-10(21)18-9(6)20/h1-2H,3-4,14H2,(H,16,19)(H2,15,17,18,20,21). The smallest absolute Gasteiger partial charge is 0.327 e. The van der Waals surface area contributed by atoms with Crippen molar-refractivity contribution in [2.75, 3.05) is 13.1 Å². The van der Waals surface area contributed by atoms with Crippen molar-refractivity contribution in [2.45, 2.75) is 5.92 Å². The number of halogens is 2. The van der Waals surface area contributed by atoms with E-state index in [2.05, 4.69) is 9.97 Å². The molecule has 0 atom stereocenters. The van der Waals surface area contributed by atoms with Crippen molar-refractivity contribution < 1.29 is 13.6 Å². The van der Waals surface area contributed by atoms with E-state index in [0.717, 1.165) is 12.3 Å². The summed E-state index contributed by atoms with van der Waals surface area (Å²) < 4.78 is 25.9. The molecule has 8 nitrogen and oxygen atoms in total. The number of fused-ring (bicyclic) bond motifs is 1. The zero-order valence-corrected chi connectivity index (χ0v) is 10.6. The summed E-state index contributed by atoms with van der Waals surface area (Å²) in [5, 5.41) is 1.96. The van der Waals surface area contributed by atoms with Crippen molar-refractivity contribution in [3.63, 3.8) is 0 Å². The van der Waals surface area contributed by atoms with E-state index >= 15 is 0 Å². The zero-order valence-electron chi connectivity index (χ0n) is 10.6. The van der Waals surface area contributed by atoms with Crippen LogP contribution in [0.4, 0.5) is 8.78 Å². The summed E-state index contributed by atoms with van der Waals surface area (Å²) in [6, 6.07) is 1.15. The molecule has 0 radical (unpaired) electrons. The number of carbonyl (C=O) groups excluding carboxylic acids is 1. The number of aromatic nitrogens is 3. The van der Waals surface area contributed by atoms with Crippen LogP contribution in [0.2, 0.25) is 0 Å². The maximum atomic E-state index is 12.9. The fraction of sp³-hybridized carbons (Fsp3) is 0.273. The molecule has 0 aliphatic heterocycles. The van der Waals surface area contributed by atoms with Crippen LogP contribution < -0.4 is 22.3 Å². The summed E-state index contributed by atoms with van der Waals surface area (Å²) in [6.07, 6.45) is 1.06. The van der Waals surface area contributed by atoms with Crippen LogP contribution in [0.3, 0.4) is 0 Å². The molecule has 112 valence electrons. The Labute approximate surface area is 115 Å². The molecule has 0 aliphatic rings. The quantitative estimate of drug-likeness (QED) is 0.570. The molecule has 2 aromatic heterocycles. The molecule has 2 aromatic rings. The molecule has 21 heavy (non-hydrogen) atoms. The van der Waals surface area contributed by atoms with Gasteiger partial charge in [-0.25, -0.2) is 18.6 Å². The second-order valence-electron chi connectivity index (χ2n) is 4.27. The first-order valence-corrected chi connectivity index (χ1v) is 5.81. The zero-order chi connectivity index (χ0) is 15.6. The number of carbonyl (C=O) groups is 1. The summed E-state index contributed by atoms with van der Waals surface area (Å²) in [5.41, 5.74) is 3.28. The van der Waals surface area contributed by atoms with Crippen LogP contribution in [-0.2, 0) is 0 Å². The summed E-state index contributed by atoms with van der Waals surface area (Å²) in [4.78, 5) is 42.3. The van der Waals surface area contributed by atoms with Crippen molar-refractivity contribution in [2.24, 2.45) is 5.73 Å². The fourth-order valence-corrected chi connectivity index (χ4v) is 1.55. The second kappa shape index (κ2) is 5.40. The lowest BCUT2D eigenvalue weighted by Crippen LogP contribution is -2.41. The largest absolute Gasteiger partial charge is 0.346 e. The number of nitrogens with two attached hydrogens (primary N) is 1. The number of nitrogens with one attached hydrogen (secondary N) is 3. The van der Waals surface area contributed by atoms with Crippen molar-refractivity contribution in [3.8, 4) is 0 Å². The minimum absolute atomic E-state index is 0.00686. The Balaban J connectivity index is 2.29. The molecule has 0 fully saturated rings. The summed E-state index contributed by atoms with van der Waals surface area (Å²) in [7, 11) is 0. The van der Waals surface area contributed by atoms with Gasteiger partial charge in [0.25, 0.3) is 17.4 Å². The number of hydrogen-bond acceptors (Lipinski definition) is 5. The minimum Gasteiger partial charge on any atom is -0.346 e. The van der Waals surface area contributed by atoms with E-state index in [0.29, 0.717) is 0 Å². The topological polar surface area (TPSA) is 134 Å². The van der Waals surface area contributed by atoms with Gasteiger partial charge in [0, 0.05) is 6.20 Å². The van der Waals surface area contributed by atoms with Gasteiger partial charge in [-0.1, -0.05) is 0 Å². The molecule has 1 amide bonds. The molecule has 0 unspecified atom stereocenters. The van der Waals surface area contributed by atoms with Gasteiger partial charge in [-0.3, -0.25) is 19.6 Å². The first-order valence-electron chi connectivity index (χ1n) is 5.81. The molecule has 0 aromatic carbocycles. The molecule has 2 rings (SSSR count). The van der Waals surface area contributed by atoms with Crippen molar-refractivity contribution in [1.82, 2.24) is 20.3 Å². The van der Waals surface area contributed by atoms with E-state index in [1.165, 1.54) is 0 Å². The van der Waals surface area contributed by atoms with Gasteiger partial charge < -0.3 is 11.1 Å². The number of H-pyrrole nitrogens is 2. The van der Waals surface area contributed by atoms with E-state index < -0.39 is 36.2 Å². The first-order chi connectivity index (χ1) is 9.82. The van der Waals surface area contributed by atoms with Gasteiger partial charge in [-0.15, -0.1) is 0 Å². The molecular formula is C11H11F2N5O3. The maximum absolute atomic E-state index is 12.9. The third kappa shape index (κ3) is 3.28. The molecule has 0 saturated carbocycles. The highest BCUT2D eigenvalue weighted by atomic mass is 19.3. The van der Waals surface area contributed by atoms with Crippen LogP contribution >= 0.6 is 0 Å². The van der Waals surface area contributed by atoms with Crippen molar-refractivity contribution >= 4 is 16.9 Å². The van der Waals surface area contributed by atoms with Crippen LogP contribution in [0.5, 0.6) is 0 Å². The number of alkyl halides is 2. The maximum Gasteiger partial charge on any atom is 0.327 e. The highest BCUT2D eigenvalue weighted by Crippen LogP contribution is 2.10. The Kier molecular flexibility index (Phi) is 3.80. The Morgan fingerprint density at radius 2 is 2.10 bits per heavy atom. The minimum atomic E-state index is -3.22. The first kappa shape index (κ1) is 14.8. The molecule has 10 heteroatoms. The average Bonchev–Trinajstić information content (AvgIpc) is 2.44. The lowest BCUT2D eigenvalue weighted by Gasteiger charge is -2.14. The number of nitrogens with zero attached hydrogens (tertiary/aromatic N) is 1. The van der Waals surface area contributed by atoms with Gasteiger partial charge in [-0.2, -0.15) is 0 Å². The molecule has 0 aliphatic carbocycles. The normalized spacial score (nSPS) is 11.6. The monoisotopic (exact) mass is 299 g/mol. The van der Waals surface area contributed by atoms with Crippen molar-refractivity contribution in [3.05, 3.63) is 38.7 Å². The van der Waals surface area contributed by atoms with Gasteiger partial charge in [0.05, 0.1) is 24.0 Å². The predicted octanol–water partition coefficient (Wildman–Crippen LogP) is -1.06. The summed E-state index contributed by atoms with van der Waals surface area (Å²) in [6.45, 7) is -1.83. The van der Waals surface area contributed by atoms with E-state index in [4.69, 9.17) is 5.73 Å². The van der Waals surface area contributed by atoms with Crippen LogP contribution in [0.1, 0.15) is 10.4 Å². The van der Waals surface area contributed by atoms with Gasteiger partial charge in [-0.05, 0) is 6.07 Å². The van der Waals surface area contributed by atoms with Gasteiger partial charge in [0.1, 0.15) is 5.65 Å². The predicted molar refractivity (Wildman–Crippen MR) is 69.3 cm³/mol. The van der Waals surface area contributed by atoms with Crippen molar-refractivity contribution in [1.29, 1.82) is 0 Å². The lowest BCUT2D eigenvalue weighted by atomic mass is 10.2. The molecule has 5 N–H and O–H groups in total. The molecule has 0 saturated heterocycles. The van der Waals surface area contributed by atoms with Gasteiger partial charge in [0.2, 0.25) is 0 Å².